The third kappa shape index (κ3) is 4.71. The highest BCUT2D eigenvalue weighted by molar-refractivity contribution is 5.85. The minimum absolute atomic E-state index is 0. The van der Waals surface area contributed by atoms with Crippen LogP contribution in [0.15, 0.2) is 0 Å². The molecule has 0 unspecified atom stereocenters. The second-order valence-corrected chi connectivity index (χ2v) is 4.85. The van der Waals surface area contributed by atoms with Crippen LogP contribution in [0, 0.1) is 5.92 Å². The number of hydrogen-bond acceptors (Lipinski definition) is 2. The van der Waals surface area contributed by atoms with Gasteiger partial charge in [-0.05, 0) is 31.6 Å². The van der Waals surface area contributed by atoms with Gasteiger partial charge in [0.15, 0.2) is 0 Å². The maximum absolute atomic E-state index is 11.6. The van der Waals surface area contributed by atoms with Crippen molar-refractivity contribution in [3.05, 3.63) is 0 Å². The molecule has 0 spiro atoms. The van der Waals surface area contributed by atoms with Crippen molar-refractivity contribution in [2.24, 2.45) is 11.7 Å². The molecule has 1 amide bonds. The van der Waals surface area contributed by atoms with Gasteiger partial charge in [0.25, 0.3) is 0 Å². The molecule has 1 aliphatic carbocycles. The number of rotatable bonds is 6. The number of halogens is 1. The van der Waals surface area contributed by atoms with E-state index in [2.05, 4.69) is 19.2 Å². The summed E-state index contributed by atoms with van der Waals surface area (Å²) in [5.74, 6) is 0.817. The van der Waals surface area contributed by atoms with Gasteiger partial charge in [0.2, 0.25) is 5.91 Å². The lowest BCUT2D eigenvalue weighted by Gasteiger charge is -2.28. The number of nitrogens with two attached hydrogens (primary N) is 1. The predicted molar refractivity (Wildman–Crippen MR) is 69.7 cm³/mol. The van der Waals surface area contributed by atoms with E-state index in [1.54, 1.807) is 0 Å². The van der Waals surface area contributed by atoms with Crippen LogP contribution < -0.4 is 11.1 Å². The van der Waals surface area contributed by atoms with E-state index in [-0.39, 0.29) is 23.9 Å². The molecule has 0 aromatic rings. The first-order valence-corrected chi connectivity index (χ1v) is 6.15. The second-order valence-electron chi connectivity index (χ2n) is 4.85. The van der Waals surface area contributed by atoms with Crippen LogP contribution in [-0.2, 0) is 4.79 Å². The summed E-state index contributed by atoms with van der Waals surface area (Å²) in [5.41, 5.74) is 5.89. The quantitative estimate of drug-likeness (QED) is 0.758. The van der Waals surface area contributed by atoms with Crippen molar-refractivity contribution >= 4 is 18.3 Å². The Kier molecular flexibility index (Phi) is 7.00. The highest BCUT2D eigenvalue weighted by atomic mass is 35.5. The van der Waals surface area contributed by atoms with Gasteiger partial charge in [-0.1, -0.05) is 20.3 Å². The molecule has 0 aromatic heterocycles. The molecule has 0 aromatic carbocycles. The van der Waals surface area contributed by atoms with Crippen molar-refractivity contribution in [3.63, 3.8) is 0 Å². The first kappa shape index (κ1) is 15.7. The zero-order chi connectivity index (χ0) is 11.3. The molecule has 3 nitrogen and oxygen atoms in total. The molecule has 4 heteroatoms. The summed E-state index contributed by atoms with van der Waals surface area (Å²) >= 11 is 0. The van der Waals surface area contributed by atoms with Crippen LogP contribution in [0.4, 0.5) is 0 Å². The molecule has 3 N–H and O–H groups in total. The largest absolute Gasteiger partial charge is 0.354 e. The van der Waals surface area contributed by atoms with Crippen molar-refractivity contribution in [2.45, 2.75) is 57.9 Å². The average molecular weight is 249 g/mol. The van der Waals surface area contributed by atoms with E-state index in [0.717, 1.165) is 12.8 Å². The van der Waals surface area contributed by atoms with Crippen LogP contribution >= 0.6 is 12.4 Å². The van der Waals surface area contributed by atoms with Crippen molar-refractivity contribution in [1.29, 1.82) is 0 Å². The maximum Gasteiger partial charge on any atom is 0.220 e. The summed E-state index contributed by atoms with van der Waals surface area (Å²) < 4.78 is 0. The predicted octanol–water partition coefficient (Wildman–Crippen LogP) is 2.23. The number of carbonyl (C=O) groups is 1. The summed E-state index contributed by atoms with van der Waals surface area (Å²) in [6.45, 7) is 4.76. The van der Waals surface area contributed by atoms with Crippen molar-refractivity contribution in [2.75, 3.05) is 6.54 Å². The highest BCUT2D eigenvalue weighted by Gasteiger charge is 2.23. The van der Waals surface area contributed by atoms with Gasteiger partial charge in [-0.15, -0.1) is 12.4 Å². The lowest BCUT2D eigenvalue weighted by Crippen LogP contribution is -2.49. The Morgan fingerprint density at radius 1 is 1.38 bits per heavy atom. The molecule has 1 saturated carbocycles. The SMILES string of the molecule is CCC(N)(CC)CNC(=O)CC1CCC1.Cl. The van der Waals surface area contributed by atoms with Gasteiger partial charge in [-0.2, -0.15) is 0 Å². The maximum atomic E-state index is 11.6. The van der Waals surface area contributed by atoms with Crippen molar-refractivity contribution in [3.8, 4) is 0 Å². The summed E-state index contributed by atoms with van der Waals surface area (Å²) in [4.78, 5) is 11.6. The number of carbonyl (C=O) groups excluding carboxylic acids is 1. The Bertz CT molecular complexity index is 213. The summed E-state index contributed by atoms with van der Waals surface area (Å²) in [6, 6.07) is 0. The van der Waals surface area contributed by atoms with Crippen LogP contribution in [0.5, 0.6) is 0 Å². The van der Waals surface area contributed by atoms with E-state index < -0.39 is 0 Å². The standard InChI is InChI=1S/C12H24N2O.ClH/c1-3-12(13,4-2)9-14-11(15)8-10-6-5-7-10;/h10H,3-9,13H2,1-2H3,(H,14,15);1H. The van der Waals surface area contributed by atoms with E-state index in [9.17, 15) is 4.79 Å². The topological polar surface area (TPSA) is 55.1 Å². The molecule has 0 heterocycles. The van der Waals surface area contributed by atoms with Gasteiger partial charge < -0.3 is 11.1 Å². The molecule has 0 aliphatic heterocycles. The van der Waals surface area contributed by atoms with Gasteiger partial charge in [-0.25, -0.2) is 0 Å². The molecule has 16 heavy (non-hydrogen) atoms. The minimum Gasteiger partial charge on any atom is -0.354 e. The third-order valence-corrected chi connectivity index (χ3v) is 3.74. The van der Waals surface area contributed by atoms with Crippen LogP contribution in [0.2, 0.25) is 0 Å². The molecule has 0 saturated heterocycles. The van der Waals surface area contributed by atoms with Gasteiger partial charge in [0, 0.05) is 18.5 Å². The summed E-state index contributed by atoms with van der Waals surface area (Å²) in [6.07, 6.45) is 6.26. The van der Waals surface area contributed by atoms with E-state index >= 15 is 0 Å². The molecular weight excluding hydrogens is 224 g/mol. The van der Waals surface area contributed by atoms with Gasteiger partial charge in [-0.3, -0.25) is 4.79 Å². The van der Waals surface area contributed by atoms with Crippen LogP contribution in [0.1, 0.15) is 52.4 Å². The Morgan fingerprint density at radius 2 is 1.94 bits per heavy atom. The Balaban J connectivity index is 0.00000225. The van der Waals surface area contributed by atoms with Crippen LogP contribution in [0.3, 0.4) is 0 Å². The molecule has 0 atom stereocenters. The normalized spacial score (nSPS) is 16.2. The molecule has 0 radical (unpaired) electrons. The molecular formula is C12H25ClN2O. The zero-order valence-corrected chi connectivity index (χ0v) is 11.2. The van der Waals surface area contributed by atoms with E-state index in [4.69, 9.17) is 5.73 Å². The van der Waals surface area contributed by atoms with Crippen LogP contribution in [0.25, 0.3) is 0 Å². The average Bonchev–Trinajstić information content (AvgIpc) is 2.20. The van der Waals surface area contributed by atoms with Gasteiger partial charge in [0.1, 0.15) is 0 Å². The van der Waals surface area contributed by atoms with Gasteiger partial charge in [0.05, 0.1) is 0 Å². The molecule has 0 bridgehead atoms. The van der Waals surface area contributed by atoms with E-state index in [1.807, 2.05) is 0 Å². The first-order valence-electron chi connectivity index (χ1n) is 6.15. The molecule has 1 fully saturated rings. The Morgan fingerprint density at radius 3 is 2.31 bits per heavy atom. The third-order valence-electron chi connectivity index (χ3n) is 3.74. The lowest BCUT2D eigenvalue weighted by atomic mass is 9.83. The highest BCUT2D eigenvalue weighted by Crippen LogP contribution is 2.29. The first-order chi connectivity index (χ1) is 7.09. The van der Waals surface area contributed by atoms with Crippen LogP contribution in [-0.4, -0.2) is 18.0 Å². The fraction of sp³-hybridized carbons (Fsp3) is 0.917. The fourth-order valence-corrected chi connectivity index (χ4v) is 1.81. The zero-order valence-electron chi connectivity index (χ0n) is 10.4. The number of amides is 1. The smallest absolute Gasteiger partial charge is 0.220 e. The minimum atomic E-state index is -0.213. The number of hydrogen-bond donors (Lipinski definition) is 2. The van der Waals surface area contributed by atoms with E-state index in [1.165, 1.54) is 19.3 Å². The van der Waals surface area contributed by atoms with Gasteiger partial charge >= 0.3 is 0 Å². The lowest BCUT2D eigenvalue weighted by molar-refractivity contribution is -0.122. The summed E-state index contributed by atoms with van der Waals surface area (Å²) in [5, 5.41) is 2.96. The van der Waals surface area contributed by atoms with E-state index in [0.29, 0.717) is 18.9 Å². The number of nitrogens with one attached hydrogen (secondary N) is 1. The Labute approximate surface area is 105 Å². The monoisotopic (exact) mass is 248 g/mol. The second kappa shape index (κ2) is 7.13. The Hall–Kier alpha value is -0.280. The molecule has 96 valence electrons. The summed E-state index contributed by atoms with van der Waals surface area (Å²) in [7, 11) is 0. The fourth-order valence-electron chi connectivity index (χ4n) is 1.81. The van der Waals surface area contributed by atoms with Crippen molar-refractivity contribution < 1.29 is 4.79 Å². The molecule has 1 aliphatic rings. The molecule has 1 rings (SSSR count). The van der Waals surface area contributed by atoms with Crippen molar-refractivity contribution in [1.82, 2.24) is 5.32 Å².